The van der Waals surface area contributed by atoms with E-state index < -0.39 is 0 Å². The van der Waals surface area contributed by atoms with Crippen molar-refractivity contribution in [1.82, 2.24) is 30.0 Å². The molecule has 1 atom stereocenters. The minimum absolute atomic E-state index is 0.0610. The normalized spacial score (nSPS) is 22.4. The number of likely N-dealkylation sites (tertiary alicyclic amines) is 1. The van der Waals surface area contributed by atoms with E-state index in [2.05, 4.69) is 33.9 Å². The first-order valence-corrected chi connectivity index (χ1v) is 11.2. The molecule has 1 amide bonds. The maximum atomic E-state index is 13.2. The molecule has 8 nitrogen and oxygen atoms in total. The standard InChI is InChI=1S/C22H30N6O2/c1-13(2)27-10-8-16-15(12-27)21(29)24-20(23-16)19-5-3-4-9-28(19)22(30)18-11-17(25-26-18)14-6-7-14/h11,13-14,19H,3-10,12H2,1-2H3,(H,25,26)(H,23,24,29)/t19-/m0/s1. The predicted octanol–water partition coefficient (Wildman–Crippen LogP) is 2.50. The zero-order chi connectivity index (χ0) is 20.8. The van der Waals surface area contributed by atoms with Gasteiger partial charge in [-0.3, -0.25) is 19.6 Å². The lowest BCUT2D eigenvalue weighted by Gasteiger charge is -2.35. The van der Waals surface area contributed by atoms with Gasteiger partial charge in [0.15, 0.2) is 0 Å². The van der Waals surface area contributed by atoms with Crippen LogP contribution in [0.2, 0.25) is 0 Å². The molecule has 8 heteroatoms. The van der Waals surface area contributed by atoms with Crippen molar-refractivity contribution >= 4 is 5.91 Å². The number of aromatic nitrogens is 4. The van der Waals surface area contributed by atoms with Crippen molar-refractivity contribution in [3.05, 3.63) is 44.9 Å². The van der Waals surface area contributed by atoms with Crippen LogP contribution in [0.5, 0.6) is 0 Å². The van der Waals surface area contributed by atoms with Gasteiger partial charge in [0.25, 0.3) is 11.5 Å². The summed E-state index contributed by atoms with van der Waals surface area (Å²) in [5.74, 6) is 1.08. The second-order valence-corrected chi connectivity index (χ2v) is 9.18. The zero-order valence-corrected chi connectivity index (χ0v) is 17.8. The number of nitrogens with zero attached hydrogens (tertiary/aromatic N) is 4. The van der Waals surface area contributed by atoms with Crippen LogP contribution in [0.3, 0.4) is 0 Å². The largest absolute Gasteiger partial charge is 0.327 e. The van der Waals surface area contributed by atoms with Gasteiger partial charge < -0.3 is 9.88 Å². The molecule has 0 aromatic carbocycles. The number of piperidine rings is 1. The number of rotatable bonds is 4. The molecule has 0 radical (unpaired) electrons. The Labute approximate surface area is 176 Å². The highest BCUT2D eigenvalue weighted by atomic mass is 16.2. The summed E-state index contributed by atoms with van der Waals surface area (Å²) in [6.45, 7) is 6.51. The summed E-state index contributed by atoms with van der Waals surface area (Å²) in [5.41, 5.74) is 3.13. The number of hydrogen-bond donors (Lipinski definition) is 2. The molecule has 1 aliphatic carbocycles. The Morgan fingerprint density at radius 1 is 1.20 bits per heavy atom. The monoisotopic (exact) mass is 410 g/mol. The Balaban J connectivity index is 1.42. The fourth-order valence-electron chi connectivity index (χ4n) is 4.72. The summed E-state index contributed by atoms with van der Waals surface area (Å²) in [6, 6.07) is 2.10. The highest BCUT2D eigenvalue weighted by Crippen LogP contribution is 2.39. The number of nitrogens with one attached hydrogen (secondary N) is 2. The van der Waals surface area contributed by atoms with Gasteiger partial charge in [0.05, 0.1) is 17.3 Å². The first-order valence-electron chi connectivity index (χ1n) is 11.2. The molecule has 5 rings (SSSR count). The summed E-state index contributed by atoms with van der Waals surface area (Å²) < 4.78 is 0. The van der Waals surface area contributed by atoms with E-state index in [1.807, 2.05) is 11.0 Å². The smallest absolute Gasteiger partial charge is 0.274 e. The number of carbonyl (C=O) groups excluding carboxylic acids is 1. The third kappa shape index (κ3) is 3.57. The Bertz CT molecular complexity index is 1010. The maximum absolute atomic E-state index is 13.2. The van der Waals surface area contributed by atoms with Gasteiger partial charge in [0, 0.05) is 43.7 Å². The first-order chi connectivity index (χ1) is 14.5. The van der Waals surface area contributed by atoms with Gasteiger partial charge in [0.2, 0.25) is 0 Å². The van der Waals surface area contributed by atoms with Crippen molar-refractivity contribution in [3.63, 3.8) is 0 Å². The van der Waals surface area contributed by atoms with Crippen molar-refractivity contribution < 1.29 is 4.79 Å². The van der Waals surface area contributed by atoms with Crippen molar-refractivity contribution in [3.8, 4) is 0 Å². The van der Waals surface area contributed by atoms with Gasteiger partial charge in [-0.05, 0) is 52.0 Å². The summed E-state index contributed by atoms with van der Waals surface area (Å²) in [4.78, 5) is 38.2. The lowest BCUT2D eigenvalue weighted by atomic mass is 9.99. The zero-order valence-electron chi connectivity index (χ0n) is 17.8. The van der Waals surface area contributed by atoms with Crippen LogP contribution >= 0.6 is 0 Å². The molecule has 0 unspecified atom stereocenters. The molecule has 0 spiro atoms. The van der Waals surface area contributed by atoms with Crippen LogP contribution in [0.1, 0.15) is 91.2 Å². The highest BCUT2D eigenvalue weighted by Gasteiger charge is 2.34. The van der Waals surface area contributed by atoms with Crippen LogP contribution < -0.4 is 5.56 Å². The van der Waals surface area contributed by atoms with E-state index in [4.69, 9.17) is 4.98 Å². The van der Waals surface area contributed by atoms with Gasteiger partial charge >= 0.3 is 0 Å². The molecular weight excluding hydrogens is 380 g/mol. The van der Waals surface area contributed by atoms with E-state index in [0.29, 0.717) is 36.6 Å². The summed E-state index contributed by atoms with van der Waals surface area (Å²) in [7, 11) is 0. The Morgan fingerprint density at radius 2 is 2.03 bits per heavy atom. The van der Waals surface area contributed by atoms with Crippen LogP contribution in [0.15, 0.2) is 10.9 Å². The molecular formula is C22H30N6O2. The van der Waals surface area contributed by atoms with Gasteiger partial charge in [0.1, 0.15) is 11.5 Å². The van der Waals surface area contributed by atoms with E-state index in [1.54, 1.807) is 0 Å². The minimum Gasteiger partial charge on any atom is -0.327 e. The van der Waals surface area contributed by atoms with E-state index in [9.17, 15) is 9.59 Å². The lowest BCUT2D eigenvalue weighted by molar-refractivity contribution is 0.0592. The number of fused-ring (bicyclic) bond motifs is 1. The second kappa shape index (κ2) is 7.65. The molecule has 2 aromatic heterocycles. The van der Waals surface area contributed by atoms with Gasteiger partial charge in [-0.15, -0.1) is 0 Å². The van der Waals surface area contributed by atoms with Crippen molar-refractivity contribution in [2.24, 2.45) is 0 Å². The van der Waals surface area contributed by atoms with Crippen molar-refractivity contribution in [1.29, 1.82) is 0 Å². The van der Waals surface area contributed by atoms with Crippen LogP contribution in [-0.2, 0) is 13.0 Å². The third-order valence-electron chi connectivity index (χ3n) is 6.76. The Hall–Kier alpha value is -2.48. The first kappa shape index (κ1) is 19.5. The fourth-order valence-corrected chi connectivity index (χ4v) is 4.72. The number of aromatic amines is 2. The summed E-state index contributed by atoms with van der Waals surface area (Å²) in [6.07, 6.45) is 5.89. The molecule has 1 saturated carbocycles. The van der Waals surface area contributed by atoms with E-state index in [1.165, 1.54) is 0 Å². The summed E-state index contributed by atoms with van der Waals surface area (Å²) in [5, 5.41) is 7.31. The van der Waals surface area contributed by atoms with E-state index >= 15 is 0 Å². The average Bonchev–Trinajstić information content (AvgIpc) is 3.49. The highest BCUT2D eigenvalue weighted by molar-refractivity contribution is 5.92. The minimum atomic E-state index is -0.201. The third-order valence-corrected chi connectivity index (χ3v) is 6.76. The molecule has 4 heterocycles. The van der Waals surface area contributed by atoms with Crippen molar-refractivity contribution in [2.75, 3.05) is 13.1 Å². The fraction of sp³-hybridized carbons (Fsp3) is 0.636. The molecule has 2 aliphatic heterocycles. The van der Waals surface area contributed by atoms with Crippen LogP contribution in [0, 0.1) is 0 Å². The van der Waals surface area contributed by atoms with Crippen LogP contribution in [0.25, 0.3) is 0 Å². The number of carbonyl (C=O) groups is 1. The number of H-pyrrole nitrogens is 2. The average molecular weight is 411 g/mol. The van der Waals surface area contributed by atoms with Gasteiger partial charge in [-0.25, -0.2) is 4.98 Å². The van der Waals surface area contributed by atoms with Crippen LogP contribution in [-0.4, -0.2) is 55.0 Å². The topological polar surface area (TPSA) is 98.0 Å². The van der Waals surface area contributed by atoms with Crippen molar-refractivity contribution in [2.45, 2.75) is 76.9 Å². The predicted molar refractivity (Wildman–Crippen MR) is 112 cm³/mol. The van der Waals surface area contributed by atoms with Gasteiger partial charge in [-0.2, -0.15) is 5.10 Å². The quantitative estimate of drug-likeness (QED) is 0.807. The molecule has 30 heavy (non-hydrogen) atoms. The number of amides is 1. The molecule has 2 aromatic rings. The van der Waals surface area contributed by atoms with E-state index in [-0.39, 0.29) is 17.5 Å². The molecule has 1 saturated heterocycles. The molecule has 3 aliphatic rings. The molecule has 2 fully saturated rings. The number of hydrogen-bond acceptors (Lipinski definition) is 5. The molecule has 2 N–H and O–H groups in total. The second-order valence-electron chi connectivity index (χ2n) is 9.18. The van der Waals surface area contributed by atoms with Crippen LogP contribution in [0.4, 0.5) is 0 Å². The van der Waals surface area contributed by atoms with Gasteiger partial charge in [-0.1, -0.05) is 0 Å². The Morgan fingerprint density at radius 3 is 2.80 bits per heavy atom. The maximum Gasteiger partial charge on any atom is 0.274 e. The molecule has 0 bridgehead atoms. The molecule has 160 valence electrons. The van der Waals surface area contributed by atoms with E-state index in [0.717, 1.165) is 62.0 Å². The summed E-state index contributed by atoms with van der Waals surface area (Å²) >= 11 is 0. The Kier molecular flexibility index (Phi) is 4.97. The SMILES string of the molecule is CC(C)N1CCc2nc([C@@H]3CCCCN3C(=O)c3cc(C4CC4)[nH]n3)[nH]c(=O)c2C1. The lowest BCUT2D eigenvalue weighted by Crippen LogP contribution is -2.42.